The summed E-state index contributed by atoms with van der Waals surface area (Å²) >= 11 is 0. The van der Waals surface area contributed by atoms with Crippen molar-refractivity contribution in [2.75, 3.05) is 11.9 Å². The summed E-state index contributed by atoms with van der Waals surface area (Å²) in [6, 6.07) is 5.94. The quantitative estimate of drug-likeness (QED) is 0.795. The van der Waals surface area contributed by atoms with Crippen molar-refractivity contribution < 1.29 is 0 Å². The van der Waals surface area contributed by atoms with Gasteiger partial charge in [-0.1, -0.05) is 13.8 Å². The van der Waals surface area contributed by atoms with Crippen LogP contribution in [0.5, 0.6) is 0 Å². The Kier molecular flexibility index (Phi) is 3.48. The van der Waals surface area contributed by atoms with Gasteiger partial charge in [0.25, 0.3) is 0 Å². The minimum atomic E-state index is -0.0327. The Balaban J connectivity index is 1.84. The summed E-state index contributed by atoms with van der Waals surface area (Å²) in [6.45, 7) is 5.12. The third kappa shape index (κ3) is 2.81. The standard InChI is InChI=1S/C16H17N5/c1-16(2,12-3-6-17-7-4-12)11-21-15-14-13(5-8-20-15)18-9-10-19-14/h3-10H,11H2,1-2H3,(H,20,21). The minimum Gasteiger partial charge on any atom is -0.367 e. The number of hydrogen-bond acceptors (Lipinski definition) is 5. The third-order valence-electron chi connectivity index (χ3n) is 3.55. The van der Waals surface area contributed by atoms with Gasteiger partial charge in [-0.3, -0.25) is 9.97 Å². The highest BCUT2D eigenvalue weighted by atomic mass is 15.0. The molecule has 0 atom stereocenters. The van der Waals surface area contributed by atoms with Crippen LogP contribution in [0.1, 0.15) is 19.4 Å². The molecule has 0 bridgehead atoms. The van der Waals surface area contributed by atoms with Crippen molar-refractivity contribution in [1.29, 1.82) is 0 Å². The maximum absolute atomic E-state index is 4.38. The van der Waals surface area contributed by atoms with Gasteiger partial charge < -0.3 is 5.32 Å². The summed E-state index contributed by atoms with van der Waals surface area (Å²) < 4.78 is 0. The molecule has 0 aliphatic rings. The second-order valence-corrected chi connectivity index (χ2v) is 5.56. The van der Waals surface area contributed by atoms with E-state index < -0.39 is 0 Å². The van der Waals surface area contributed by atoms with Crippen LogP contribution in [0.4, 0.5) is 5.82 Å². The number of pyridine rings is 2. The zero-order valence-corrected chi connectivity index (χ0v) is 12.1. The molecular formula is C16H17N5. The molecule has 0 fully saturated rings. The molecule has 0 aliphatic carbocycles. The Bertz CT molecular complexity index is 735. The lowest BCUT2D eigenvalue weighted by molar-refractivity contribution is 0.555. The lowest BCUT2D eigenvalue weighted by atomic mass is 9.85. The number of nitrogens with zero attached hydrogens (tertiary/aromatic N) is 4. The summed E-state index contributed by atoms with van der Waals surface area (Å²) in [7, 11) is 0. The van der Waals surface area contributed by atoms with Crippen molar-refractivity contribution in [1.82, 2.24) is 19.9 Å². The number of aromatic nitrogens is 4. The maximum atomic E-state index is 4.38. The van der Waals surface area contributed by atoms with E-state index in [0.717, 1.165) is 23.4 Å². The van der Waals surface area contributed by atoms with Gasteiger partial charge in [-0.25, -0.2) is 9.97 Å². The van der Waals surface area contributed by atoms with E-state index in [2.05, 4.69) is 39.1 Å². The van der Waals surface area contributed by atoms with E-state index in [4.69, 9.17) is 0 Å². The molecule has 5 heteroatoms. The molecule has 0 aromatic carbocycles. The minimum absolute atomic E-state index is 0.0327. The molecule has 1 N–H and O–H groups in total. The van der Waals surface area contributed by atoms with Crippen molar-refractivity contribution in [2.24, 2.45) is 0 Å². The molecule has 0 unspecified atom stereocenters. The number of rotatable bonds is 4. The number of fused-ring (bicyclic) bond motifs is 1. The van der Waals surface area contributed by atoms with Crippen LogP contribution in [-0.2, 0) is 5.41 Å². The highest BCUT2D eigenvalue weighted by molar-refractivity contribution is 5.84. The van der Waals surface area contributed by atoms with Gasteiger partial charge in [-0.05, 0) is 23.8 Å². The van der Waals surface area contributed by atoms with E-state index in [0.29, 0.717) is 0 Å². The molecule has 3 aromatic heterocycles. The summed E-state index contributed by atoms with van der Waals surface area (Å²) in [5, 5.41) is 3.39. The Morgan fingerprint density at radius 1 is 0.905 bits per heavy atom. The predicted octanol–water partition coefficient (Wildman–Crippen LogP) is 2.81. The van der Waals surface area contributed by atoms with Gasteiger partial charge >= 0.3 is 0 Å². The van der Waals surface area contributed by atoms with Crippen molar-refractivity contribution in [3.63, 3.8) is 0 Å². The fourth-order valence-corrected chi connectivity index (χ4v) is 2.24. The van der Waals surface area contributed by atoms with Gasteiger partial charge in [0.15, 0.2) is 5.82 Å². The fraction of sp³-hybridized carbons (Fsp3) is 0.250. The van der Waals surface area contributed by atoms with E-state index in [1.807, 2.05) is 30.6 Å². The highest BCUT2D eigenvalue weighted by Crippen LogP contribution is 2.24. The number of anilines is 1. The molecule has 5 nitrogen and oxygen atoms in total. The molecular weight excluding hydrogens is 262 g/mol. The molecule has 0 amide bonds. The summed E-state index contributed by atoms with van der Waals surface area (Å²) in [5.41, 5.74) is 2.84. The van der Waals surface area contributed by atoms with Crippen LogP contribution in [0.15, 0.2) is 49.2 Å². The smallest absolute Gasteiger partial charge is 0.154 e. The van der Waals surface area contributed by atoms with Crippen LogP contribution in [0.3, 0.4) is 0 Å². The van der Waals surface area contributed by atoms with E-state index in [9.17, 15) is 0 Å². The molecule has 3 rings (SSSR count). The predicted molar refractivity (Wildman–Crippen MR) is 83.1 cm³/mol. The summed E-state index contributed by atoms with van der Waals surface area (Å²) in [6.07, 6.45) is 8.76. The van der Waals surface area contributed by atoms with E-state index in [-0.39, 0.29) is 5.41 Å². The SMILES string of the molecule is CC(C)(CNc1nccc2nccnc12)c1ccncc1. The third-order valence-corrected chi connectivity index (χ3v) is 3.55. The van der Waals surface area contributed by atoms with Crippen LogP contribution < -0.4 is 5.32 Å². The molecule has 3 heterocycles. The fourth-order valence-electron chi connectivity index (χ4n) is 2.24. The average Bonchev–Trinajstić information content (AvgIpc) is 2.54. The van der Waals surface area contributed by atoms with Crippen molar-refractivity contribution >= 4 is 16.9 Å². The molecule has 0 saturated heterocycles. The number of hydrogen-bond donors (Lipinski definition) is 1. The van der Waals surface area contributed by atoms with E-state index in [1.165, 1.54) is 5.56 Å². The molecule has 0 spiro atoms. The molecule has 0 saturated carbocycles. The zero-order valence-electron chi connectivity index (χ0n) is 12.1. The zero-order chi connectivity index (χ0) is 14.7. The molecule has 0 aliphatic heterocycles. The Morgan fingerprint density at radius 3 is 2.48 bits per heavy atom. The molecule has 106 valence electrons. The molecule has 3 aromatic rings. The van der Waals surface area contributed by atoms with Crippen LogP contribution >= 0.6 is 0 Å². The number of nitrogens with one attached hydrogen (secondary N) is 1. The highest BCUT2D eigenvalue weighted by Gasteiger charge is 2.20. The van der Waals surface area contributed by atoms with Gasteiger partial charge in [0.1, 0.15) is 5.52 Å². The lowest BCUT2D eigenvalue weighted by Crippen LogP contribution is -2.28. The first kappa shape index (κ1) is 13.4. The van der Waals surface area contributed by atoms with Crippen molar-refractivity contribution in [3.8, 4) is 0 Å². The van der Waals surface area contributed by atoms with Crippen LogP contribution in [0.2, 0.25) is 0 Å². The maximum Gasteiger partial charge on any atom is 0.154 e. The van der Waals surface area contributed by atoms with Crippen LogP contribution in [-0.4, -0.2) is 26.5 Å². The van der Waals surface area contributed by atoms with Gasteiger partial charge in [-0.15, -0.1) is 0 Å². The Labute approximate surface area is 123 Å². The molecule has 0 radical (unpaired) electrons. The average molecular weight is 279 g/mol. The first-order valence-corrected chi connectivity index (χ1v) is 6.87. The van der Waals surface area contributed by atoms with Crippen LogP contribution in [0, 0.1) is 0 Å². The lowest BCUT2D eigenvalue weighted by Gasteiger charge is -2.25. The second kappa shape index (κ2) is 5.44. The first-order valence-electron chi connectivity index (χ1n) is 6.87. The van der Waals surface area contributed by atoms with Gasteiger partial charge in [0, 0.05) is 42.9 Å². The van der Waals surface area contributed by atoms with E-state index in [1.54, 1.807) is 18.6 Å². The summed E-state index contributed by atoms with van der Waals surface area (Å²) in [4.78, 5) is 17.1. The first-order chi connectivity index (χ1) is 10.2. The van der Waals surface area contributed by atoms with Gasteiger partial charge in [-0.2, -0.15) is 0 Å². The summed E-state index contributed by atoms with van der Waals surface area (Å²) in [5.74, 6) is 0.766. The van der Waals surface area contributed by atoms with Crippen molar-refractivity contribution in [3.05, 3.63) is 54.7 Å². The topological polar surface area (TPSA) is 63.6 Å². The van der Waals surface area contributed by atoms with Crippen molar-refractivity contribution in [2.45, 2.75) is 19.3 Å². The van der Waals surface area contributed by atoms with Crippen LogP contribution in [0.25, 0.3) is 11.0 Å². The van der Waals surface area contributed by atoms with Gasteiger partial charge in [0.2, 0.25) is 0 Å². The van der Waals surface area contributed by atoms with E-state index >= 15 is 0 Å². The Morgan fingerprint density at radius 2 is 1.67 bits per heavy atom. The molecule has 21 heavy (non-hydrogen) atoms. The monoisotopic (exact) mass is 279 g/mol. The normalized spacial score (nSPS) is 11.5. The second-order valence-electron chi connectivity index (χ2n) is 5.56. The van der Waals surface area contributed by atoms with Gasteiger partial charge in [0.05, 0.1) is 5.52 Å². The Hall–Kier alpha value is -2.56. The largest absolute Gasteiger partial charge is 0.367 e.